The molecule has 1 amide bonds. The zero-order valence-corrected chi connectivity index (χ0v) is 21.1. The van der Waals surface area contributed by atoms with E-state index in [2.05, 4.69) is 10.3 Å². The van der Waals surface area contributed by atoms with Crippen molar-refractivity contribution in [3.05, 3.63) is 71.1 Å². The minimum Gasteiger partial charge on any atom is -0.493 e. The number of carboxylic acids is 1. The monoisotopic (exact) mass is 494 g/mol. The lowest BCUT2D eigenvalue weighted by Crippen LogP contribution is -2.27. The third kappa shape index (κ3) is 8.45. The van der Waals surface area contributed by atoms with Crippen LogP contribution in [0.2, 0.25) is 0 Å². The van der Waals surface area contributed by atoms with Gasteiger partial charge in [-0.1, -0.05) is 38.1 Å². The van der Waals surface area contributed by atoms with Gasteiger partial charge in [0.15, 0.2) is 0 Å². The number of nitrogens with one attached hydrogen (secondary N) is 1. The fourth-order valence-corrected chi connectivity index (χ4v) is 3.63. The minimum atomic E-state index is -0.852. The molecule has 1 aromatic heterocycles. The summed E-state index contributed by atoms with van der Waals surface area (Å²) in [6.07, 6.45) is 1.10. The van der Waals surface area contributed by atoms with E-state index in [1.807, 2.05) is 69.3 Å². The molecule has 8 heteroatoms. The predicted octanol–water partition coefficient (Wildman–Crippen LogP) is 5.21. The first-order valence-electron chi connectivity index (χ1n) is 12.2. The second-order valence-corrected chi connectivity index (χ2v) is 8.98. The first-order valence-corrected chi connectivity index (χ1v) is 12.2. The Hall–Kier alpha value is -3.81. The molecule has 0 radical (unpaired) electrons. The maximum absolute atomic E-state index is 11.9. The number of benzene rings is 2. The molecule has 0 saturated carbocycles. The topological polar surface area (TPSA) is 111 Å². The molecule has 0 atom stereocenters. The summed E-state index contributed by atoms with van der Waals surface area (Å²) in [7, 11) is 0. The summed E-state index contributed by atoms with van der Waals surface area (Å²) in [5.74, 6) is 1.44. The molecule has 0 aliphatic rings. The number of carboxylic acid groups (broad SMARTS) is 1. The maximum atomic E-state index is 11.9. The van der Waals surface area contributed by atoms with Crippen LogP contribution in [0.5, 0.6) is 5.75 Å². The average Bonchev–Trinajstić information content (AvgIpc) is 3.23. The normalized spacial score (nSPS) is 10.9. The number of ether oxygens (including phenoxy) is 2. The van der Waals surface area contributed by atoms with Gasteiger partial charge in [0.25, 0.3) is 0 Å². The number of alkyl carbamates (subject to hydrolysis) is 1. The van der Waals surface area contributed by atoms with Gasteiger partial charge in [-0.05, 0) is 61.1 Å². The molecule has 0 spiro atoms. The Morgan fingerprint density at radius 2 is 1.83 bits per heavy atom. The van der Waals surface area contributed by atoms with Crippen molar-refractivity contribution in [2.75, 3.05) is 19.8 Å². The lowest BCUT2D eigenvalue weighted by Gasteiger charge is -2.13. The minimum absolute atomic E-state index is 0.0340. The lowest BCUT2D eigenvalue weighted by molar-refractivity contribution is -0.136. The van der Waals surface area contributed by atoms with Gasteiger partial charge in [0.2, 0.25) is 5.89 Å². The molecule has 0 aliphatic heterocycles. The van der Waals surface area contributed by atoms with E-state index in [4.69, 9.17) is 19.0 Å². The molecule has 0 unspecified atom stereocenters. The number of nitrogens with zero attached hydrogens (tertiary/aromatic N) is 1. The van der Waals surface area contributed by atoms with Gasteiger partial charge in [0, 0.05) is 24.9 Å². The van der Waals surface area contributed by atoms with Gasteiger partial charge < -0.3 is 24.3 Å². The number of hydrogen-bond donors (Lipinski definition) is 2. The van der Waals surface area contributed by atoms with E-state index >= 15 is 0 Å². The van der Waals surface area contributed by atoms with Gasteiger partial charge in [-0.15, -0.1) is 0 Å². The standard InChI is InChI=1S/C28H34N2O6/c1-19(2)18-35-28(33)29-15-13-23-17-24(11-9-21(23)10-12-26(31)32)34-16-14-25-20(3)36-27(30-25)22-7-5-4-6-8-22/h4-9,11,17,19H,10,12-16,18H2,1-3H3,(H,29,33)(H,31,32). The van der Waals surface area contributed by atoms with Crippen molar-refractivity contribution in [1.82, 2.24) is 10.3 Å². The van der Waals surface area contributed by atoms with Crippen LogP contribution in [0.25, 0.3) is 11.5 Å². The molecule has 0 aliphatic carbocycles. The van der Waals surface area contributed by atoms with Crippen LogP contribution in [0.1, 0.15) is 42.8 Å². The number of carbonyl (C=O) groups is 2. The molecule has 0 fully saturated rings. The molecular weight excluding hydrogens is 460 g/mol. The zero-order chi connectivity index (χ0) is 25.9. The molecular formula is C28H34N2O6. The van der Waals surface area contributed by atoms with Crippen molar-refractivity contribution in [1.29, 1.82) is 0 Å². The lowest BCUT2D eigenvalue weighted by atomic mass is 10.00. The number of oxazole rings is 1. The highest BCUT2D eigenvalue weighted by atomic mass is 16.5. The highest BCUT2D eigenvalue weighted by molar-refractivity contribution is 5.67. The zero-order valence-electron chi connectivity index (χ0n) is 21.1. The van der Waals surface area contributed by atoms with Gasteiger partial charge >= 0.3 is 12.1 Å². The molecule has 1 heterocycles. The van der Waals surface area contributed by atoms with Crippen LogP contribution in [-0.4, -0.2) is 41.9 Å². The number of carbonyl (C=O) groups excluding carboxylic acids is 1. The van der Waals surface area contributed by atoms with Crippen LogP contribution in [0.3, 0.4) is 0 Å². The summed E-state index contributed by atoms with van der Waals surface area (Å²) < 4.78 is 16.9. The molecule has 8 nitrogen and oxygen atoms in total. The Labute approximate surface area is 211 Å². The highest BCUT2D eigenvalue weighted by Crippen LogP contribution is 2.23. The fourth-order valence-electron chi connectivity index (χ4n) is 3.63. The van der Waals surface area contributed by atoms with Crippen molar-refractivity contribution in [3.8, 4) is 17.2 Å². The van der Waals surface area contributed by atoms with E-state index in [0.717, 1.165) is 28.1 Å². The number of rotatable bonds is 13. The largest absolute Gasteiger partial charge is 0.493 e. The first kappa shape index (κ1) is 26.8. The smallest absolute Gasteiger partial charge is 0.407 e. The van der Waals surface area contributed by atoms with Gasteiger partial charge in [-0.25, -0.2) is 9.78 Å². The number of aliphatic carboxylic acids is 1. The van der Waals surface area contributed by atoms with E-state index in [0.29, 0.717) is 50.7 Å². The molecule has 0 bridgehead atoms. The maximum Gasteiger partial charge on any atom is 0.407 e. The Balaban J connectivity index is 1.59. The van der Waals surface area contributed by atoms with Crippen LogP contribution in [0.4, 0.5) is 4.79 Å². The molecule has 3 aromatic rings. The number of amides is 1. The molecule has 192 valence electrons. The van der Waals surface area contributed by atoms with Crippen molar-refractivity contribution in [3.63, 3.8) is 0 Å². The number of hydrogen-bond acceptors (Lipinski definition) is 6. The van der Waals surface area contributed by atoms with Crippen LogP contribution in [0, 0.1) is 12.8 Å². The third-order valence-electron chi connectivity index (χ3n) is 5.52. The SMILES string of the molecule is Cc1oc(-c2ccccc2)nc1CCOc1ccc(CCC(=O)O)c(CCNC(=O)OCC(C)C)c1. The molecule has 3 rings (SSSR count). The van der Waals surface area contributed by atoms with Crippen LogP contribution >= 0.6 is 0 Å². The van der Waals surface area contributed by atoms with Crippen molar-refractivity contribution < 1.29 is 28.6 Å². The van der Waals surface area contributed by atoms with Crippen molar-refractivity contribution in [2.24, 2.45) is 5.92 Å². The molecule has 0 saturated heterocycles. The van der Waals surface area contributed by atoms with E-state index in [1.54, 1.807) is 0 Å². The summed E-state index contributed by atoms with van der Waals surface area (Å²) in [5.41, 5.74) is 3.62. The Kier molecular flexibility index (Phi) is 9.92. The second kappa shape index (κ2) is 13.3. The Morgan fingerprint density at radius 1 is 1.06 bits per heavy atom. The fraction of sp³-hybridized carbons (Fsp3) is 0.393. The predicted molar refractivity (Wildman–Crippen MR) is 136 cm³/mol. The highest BCUT2D eigenvalue weighted by Gasteiger charge is 2.13. The number of aryl methyl sites for hydroxylation is 2. The summed E-state index contributed by atoms with van der Waals surface area (Å²) in [6.45, 7) is 6.98. The summed E-state index contributed by atoms with van der Waals surface area (Å²) in [6, 6.07) is 15.4. The Morgan fingerprint density at radius 3 is 2.56 bits per heavy atom. The van der Waals surface area contributed by atoms with Crippen LogP contribution in [0.15, 0.2) is 52.9 Å². The average molecular weight is 495 g/mol. The van der Waals surface area contributed by atoms with E-state index in [9.17, 15) is 9.59 Å². The van der Waals surface area contributed by atoms with Gasteiger partial charge in [-0.2, -0.15) is 0 Å². The van der Waals surface area contributed by atoms with Crippen LogP contribution < -0.4 is 10.1 Å². The van der Waals surface area contributed by atoms with Crippen molar-refractivity contribution >= 4 is 12.1 Å². The first-order chi connectivity index (χ1) is 17.3. The molecule has 2 aromatic carbocycles. The quantitative estimate of drug-likeness (QED) is 0.335. The van der Waals surface area contributed by atoms with Gasteiger partial charge in [-0.3, -0.25) is 4.79 Å². The van der Waals surface area contributed by atoms with E-state index in [1.165, 1.54) is 0 Å². The molecule has 36 heavy (non-hydrogen) atoms. The van der Waals surface area contributed by atoms with Gasteiger partial charge in [0.05, 0.1) is 18.9 Å². The summed E-state index contributed by atoms with van der Waals surface area (Å²) in [5, 5.41) is 11.8. The molecule has 2 N–H and O–H groups in total. The number of aromatic nitrogens is 1. The second-order valence-electron chi connectivity index (χ2n) is 8.98. The summed E-state index contributed by atoms with van der Waals surface area (Å²) >= 11 is 0. The third-order valence-corrected chi connectivity index (χ3v) is 5.52. The van der Waals surface area contributed by atoms with Crippen molar-refractivity contribution in [2.45, 2.75) is 46.5 Å². The van der Waals surface area contributed by atoms with Crippen LogP contribution in [-0.2, 0) is 28.8 Å². The summed E-state index contributed by atoms with van der Waals surface area (Å²) in [4.78, 5) is 27.5. The van der Waals surface area contributed by atoms with E-state index < -0.39 is 12.1 Å². The van der Waals surface area contributed by atoms with Gasteiger partial charge in [0.1, 0.15) is 11.5 Å². The Bertz CT molecular complexity index is 1140. The van der Waals surface area contributed by atoms with E-state index in [-0.39, 0.29) is 12.3 Å².